The molecule has 0 aliphatic carbocycles. The van der Waals surface area contributed by atoms with Crippen LogP contribution < -0.4 is 15.0 Å². The van der Waals surface area contributed by atoms with Crippen LogP contribution in [0, 0.1) is 6.92 Å². The fourth-order valence-electron chi connectivity index (χ4n) is 3.62. The molecule has 1 aromatic heterocycles. The number of nitrogens with zero attached hydrogens (tertiary/aromatic N) is 2. The number of ether oxygens (including phenoxy) is 1. The summed E-state index contributed by atoms with van der Waals surface area (Å²) in [6.45, 7) is 5.55. The van der Waals surface area contributed by atoms with Crippen LogP contribution in [0.25, 0.3) is 11.3 Å². The summed E-state index contributed by atoms with van der Waals surface area (Å²) in [4.78, 5) is 32.1. The summed E-state index contributed by atoms with van der Waals surface area (Å²) < 4.78 is 5.63. The van der Waals surface area contributed by atoms with Gasteiger partial charge < -0.3 is 10.1 Å². The molecular weight excluding hydrogens is 446 g/mol. The topological polar surface area (TPSA) is 71.5 Å². The zero-order chi connectivity index (χ0) is 22.8. The number of thiazole rings is 1. The first-order valence-electron chi connectivity index (χ1n) is 10.5. The van der Waals surface area contributed by atoms with E-state index in [0.717, 1.165) is 34.7 Å². The Morgan fingerprint density at radius 3 is 2.94 bits per heavy atom. The Hall–Kier alpha value is -2.90. The lowest BCUT2D eigenvalue weighted by molar-refractivity contribution is -0.125. The largest absolute Gasteiger partial charge is 0.482 e. The van der Waals surface area contributed by atoms with E-state index in [2.05, 4.69) is 12.2 Å². The van der Waals surface area contributed by atoms with Crippen LogP contribution in [0.3, 0.4) is 0 Å². The molecule has 2 heterocycles. The van der Waals surface area contributed by atoms with Crippen molar-refractivity contribution in [1.82, 2.24) is 4.98 Å². The van der Waals surface area contributed by atoms with Gasteiger partial charge in [0.25, 0.3) is 5.91 Å². The molecule has 1 N–H and O–H groups in total. The molecule has 166 valence electrons. The molecule has 1 aliphatic rings. The third-order valence-electron chi connectivity index (χ3n) is 5.44. The predicted octanol–water partition coefficient (Wildman–Crippen LogP) is 5.48. The first-order chi connectivity index (χ1) is 15.4. The Kier molecular flexibility index (Phi) is 6.48. The van der Waals surface area contributed by atoms with Crippen molar-refractivity contribution in [2.45, 2.75) is 39.7 Å². The number of anilines is 2. The number of aromatic nitrogens is 1. The minimum absolute atomic E-state index is 0.114. The molecule has 3 aromatic rings. The van der Waals surface area contributed by atoms with Crippen LogP contribution in [-0.2, 0) is 16.0 Å². The van der Waals surface area contributed by atoms with Gasteiger partial charge in [-0.1, -0.05) is 24.6 Å². The van der Waals surface area contributed by atoms with Crippen LogP contribution in [0.15, 0.2) is 41.8 Å². The highest BCUT2D eigenvalue weighted by Gasteiger charge is 2.33. The van der Waals surface area contributed by atoms with E-state index in [1.54, 1.807) is 36.5 Å². The summed E-state index contributed by atoms with van der Waals surface area (Å²) in [5.41, 5.74) is 3.69. The van der Waals surface area contributed by atoms with Gasteiger partial charge in [-0.25, -0.2) is 4.98 Å². The van der Waals surface area contributed by atoms with Crippen LogP contribution in [0.4, 0.5) is 11.4 Å². The summed E-state index contributed by atoms with van der Waals surface area (Å²) in [7, 11) is 0. The SMILES string of the molecule is CCCc1nc(-c2ccc3c(c2)N(C(C)C(=O)Nc2cccc(Cl)c2C)C(=O)CO3)cs1. The molecule has 8 heteroatoms. The van der Waals surface area contributed by atoms with E-state index in [0.29, 0.717) is 22.1 Å². The lowest BCUT2D eigenvalue weighted by Crippen LogP contribution is -2.49. The maximum Gasteiger partial charge on any atom is 0.265 e. The number of benzene rings is 2. The fourth-order valence-corrected chi connectivity index (χ4v) is 4.71. The van der Waals surface area contributed by atoms with Crippen LogP contribution in [0.5, 0.6) is 5.75 Å². The smallest absolute Gasteiger partial charge is 0.265 e. The van der Waals surface area contributed by atoms with E-state index in [4.69, 9.17) is 21.3 Å². The van der Waals surface area contributed by atoms with Gasteiger partial charge >= 0.3 is 0 Å². The molecule has 6 nitrogen and oxygen atoms in total. The Labute approximate surface area is 196 Å². The predicted molar refractivity (Wildman–Crippen MR) is 129 cm³/mol. The number of halogens is 1. The monoisotopic (exact) mass is 469 g/mol. The van der Waals surface area contributed by atoms with E-state index < -0.39 is 6.04 Å². The quantitative estimate of drug-likeness (QED) is 0.519. The second kappa shape index (κ2) is 9.30. The van der Waals surface area contributed by atoms with E-state index in [1.807, 2.05) is 30.5 Å². The molecule has 0 spiro atoms. The minimum atomic E-state index is -0.745. The standard InChI is InChI=1S/C24H24ClN3O3S/c1-4-6-22-26-19(13-32-22)16-9-10-21-20(11-16)28(23(29)12-31-21)15(3)24(30)27-18-8-5-7-17(25)14(18)2/h5,7-11,13,15H,4,6,12H2,1-3H3,(H,27,30). The minimum Gasteiger partial charge on any atom is -0.482 e. The van der Waals surface area contributed by atoms with Gasteiger partial charge in [0.1, 0.15) is 11.8 Å². The zero-order valence-corrected chi connectivity index (χ0v) is 19.7. The molecule has 2 amide bonds. The number of carbonyl (C=O) groups excluding carboxylic acids is 2. The summed E-state index contributed by atoms with van der Waals surface area (Å²) >= 11 is 7.80. The Morgan fingerprint density at radius 1 is 1.34 bits per heavy atom. The second-order valence-electron chi connectivity index (χ2n) is 7.69. The van der Waals surface area contributed by atoms with Gasteiger partial charge in [0, 0.05) is 21.7 Å². The van der Waals surface area contributed by atoms with E-state index in [9.17, 15) is 9.59 Å². The molecule has 1 atom stereocenters. The highest BCUT2D eigenvalue weighted by atomic mass is 35.5. The maximum absolute atomic E-state index is 13.1. The van der Waals surface area contributed by atoms with Crippen molar-refractivity contribution in [2.24, 2.45) is 0 Å². The average molecular weight is 470 g/mol. The molecule has 2 aromatic carbocycles. The number of fused-ring (bicyclic) bond motifs is 1. The van der Waals surface area contributed by atoms with Gasteiger partial charge in [-0.05, 0) is 62.6 Å². The van der Waals surface area contributed by atoms with Gasteiger partial charge in [0.2, 0.25) is 5.91 Å². The molecular formula is C24H24ClN3O3S. The molecule has 0 bridgehead atoms. The maximum atomic E-state index is 13.1. The number of nitrogens with one attached hydrogen (secondary N) is 1. The molecule has 1 unspecified atom stereocenters. The molecule has 1 aliphatic heterocycles. The van der Waals surface area contributed by atoms with Crippen molar-refractivity contribution in [2.75, 3.05) is 16.8 Å². The number of rotatable bonds is 6. The third kappa shape index (κ3) is 4.36. The first kappa shape index (κ1) is 22.3. The number of aryl methyl sites for hydroxylation is 1. The number of amides is 2. The van der Waals surface area contributed by atoms with Crippen LogP contribution >= 0.6 is 22.9 Å². The number of carbonyl (C=O) groups is 2. The van der Waals surface area contributed by atoms with E-state index >= 15 is 0 Å². The van der Waals surface area contributed by atoms with Crippen molar-refractivity contribution >= 4 is 46.1 Å². The molecule has 0 saturated heterocycles. The third-order valence-corrected chi connectivity index (χ3v) is 6.76. The normalized spacial score (nSPS) is 14.0. The Morgan fingerprint density at radius 2 is 2.16 bits per heavy atom. The van der Waals surface area contributed by atoms with Gasteiger partial charge in [-0.3, -0.25) is 14.5 Å². The molecule has 0 saturated carbocycles. The van der Waals surface area contributed by atoms with Crippen molar-refractivity contribution in [3.8, 4) is 17.0 Å². The van der Waals surface area contributed by atoms with Crippen LogP contribution in [-0.4, -0.2) is 29.4 Å². The Bertz CT molecular complexity index is 1180. The van der Waals surface area contributed by atoms with Crippen molar-refractivity contribution < 1.29 is 14.3 Å². The van der Waals surface area contributed by atoms with Crippen molar-refractivity contribution in [3.63, 3.8) is 0 Å². The van der Waals surface area contributed by atoms with Gasteiger partial charge in [-0.15, -0.1) is 11.3 Å². The lowest BCUT2D eigenvalue weighted by Gasteiger charge is -2.33. The van der Waals surface area contributed by atoms with Gasteiger partial charge in [-0.2, -0.15) is 0 Å². The van der Waals surface area contributed by atoms with E-state index in [-0.39, 0.29) is 18.4 Å². The second-order valence-corrected chi connectivity index (χ2v) is 9.04. The van der Waals surface area contributed by atoms with E-state index in [1.165, 1.54) is 4.90 Å². The van der Waals surface area contributed by atoms with Crippen molar-refractivity contribution in [1.29, 1.82) is 0 Å². The lowest BCUT2D eigenvalue weighted by atomic mass is 10.1. The van der Waals surface area contributed by atoms with Crippen LogP contribution in [0.2, 0.25) is 5.02 Å². The summed E-state index contributed by atoms with van der Waals surface area (Å²) in [5.74, 6) is -0.0122. The average Bonchev–Trinajstić information content (AvgIpc) is 3.25. The highest BCUT2D eigenvalue weighted by Crippen LogP contribution is 2.37. The Balaban J connectivity index is 1.63. The fraction of sp³-hybridized carbons (Fsp3) is 0.292. The number of hydrogen-bond acceptors (Lipinski definition) is 5. The zero-order valence-electron chi connectivity index (χ0n) is 18.1. The highest BCUT2D eigenvalue weighted by molar-refractivity contribution is 7.09. The summed E-state index contributed by atoms with van der Waals surface area (Å²) in [6.07, 6.45) is 1.97. The molecule has 4 rings (SSSR count). The number of hydrogen-bond donors (Lipinski definition) is 1. The van der Waals surface area contributed by atoms with Crippen LogP contribution in [0.1, 0.15) is 30.8 Å². The summed E-state index contributed by atoms with van der Waals surface area (Å²) in [5, 5.41) is 6.55. The molecule has 32 heavy (non-hydrogen) atoms. The van der Waals surface area contributed by atoms with Crippen molar-refractivity contribution in [3.05, 3.63) is 57.4 Å². The van der Waals surface area contributed by atoms with Gasteiger partial charge in [0.15, 0.2) is 6.61 Å². The first-order valence-corrected chi connectivity index (χ1v) is 11.7. The molecule has 0 fully saturated rings. The summed E-state index contributed by atoms with van der Waals surface area (Å²) in [6, 6.07) is 10.2. The molecule has 0 radical (unpaired) electrons. The van der Waals surface area contributed by atoms with Gasteiger partial charge in [0.05, 0.1) is 16.4 Å².